The highest BCUT2D eigenvalue weighted by Crippen LogP contribution is 2.28. The van der Waals surface area contributed by atoms with Crippen molar-refractivity contribution in [1.29, 1.82) is 0 Å². The fourth-order valence-corrected chi connectivity index (χ4v) is 4.23. The summed E-state index contributed by atoms with van der Waals surface area (Å²) in [5.41, 5.74) is 0.942. The molecule has 0 radical (unpaired) electrons. The minimum atomic E-state index is -3.89. The summed E-state index contributed by atoms with van der Waals surface area (Å²) in [6.07, 6.45) is 0. The molecule has 0 spiro atoms. The largest absolute Gasteiger partial charge is 0.497 e. The van der Waals surface area contributed by atoms with Gasteiger partial charge in [-0.05, 0) is 54.6 Å². The lowest BCUT2D eigenvalue weighted by molar-refractivity contribution is 0.102. The third-order valence-electron chi connectivity index (χ3n) is 4.21. The molecule has 7 nitrogen and oxygen atoms in total. The van der Waals surface area contributed by atoms with Gasteiger partial charge >= 0.3 is 0 Å². The van der Waals surface area contributed by atoms with Gasteiger partial charge in [-0.1, -0.05) is 23.2 Å². The zero-order valence-corrected chi connectivity index (χ0v) is 18.8. The van der Waals surface area contributed by atoms with Gasteiger partial charge in [0.1, 0.15) is 11.5 Å². The first-order chi connectivity index (χ1) is 14.7. The summed E-state index contributed by atoms with van der Waals surface area (Å²) in [7, 11) is -0.913. The van der Waals surface area contributed by atoms with Gasteiger partial charge in [-0.3, -0.25) is 9.52 Å². The van der Waals surface area contributed by atoms with Crippen molar-refractivity contribution in [2.24, 2.45) is 0 Å². The minimum absolute atomic E-state index is 0.000403. The van der Waals surface area contributed by atoms with Crippen molar-refractivity contribution in [3.05, 3.63) is 76.3 Å². The zero-order chi connectivity index (χ0) is 22.6. The smallest absolute Gasteiger partial charge is 0.261 e. The van der Waals surface area contributed by atoms with Crippen LogP contribution in [-0.4, -0.2) is 28.5 Å². The number of carbonyl (C=O) groups excluding carboxylic acids is 1. The van der Waals surface area contributed by atoms with Crippen molar-refractivity contribution in [3.8, 4) is 11.5 Å². The summed E-state index contributed by atoms with van der Waals surface area (Å²) in [5.74, 6) is 0.537. The number of ether oxygens (including phenoxy) is 2. The van der Waals surface area contributed by atoms with Gasteiger partial charge in [0, 0.05) is 22.3 Å². The summed E-state index contributed by atoms with van der Waals surface area (Å²) in [6, 6.07) is 14.9. The van der Waals surface area contributed by atoms with E-state index in [0.29, 0.717) is 27.8 Å². The highest BCUT2D eigenvalue weighted by atomic mass is 35.5. The van der Waals surface area contributed by atoms with Crippen LogP contribution >= 0.6 is 23.2 Å². The van der Waals surface area contributed by atoms with E-state index in [1.165, 1.54) is 56.7 Å². The molecule has 0 fully saturated rings. The van der Waals surface area contributed by atoms with Gasteiger partial charge in [0.15, 0.2) is 0 Å². The highest BCUT2D eigenvalue weighted by Gasteiger charge is 2.17. The average Bonchev–Trinajstić information content (AvgIpc) is 2.75. The first-order valence-corrected chi connectivity index (χ1v) is 11.1. The maximum absolute atomic E-state index is 12.6. The second kappa shape index (κ2) is 9.47. The molecule has 0 atom stereocenters. The van der Waals surface area contributed by atoms with Gasteiger partial charge in [-0.25, -0.2) is 8.42 Å². The molecule has 0 aromatic heterocycles. The highest BCUT2D eigenvalue weighted by molar-refractivity contribution is 7.92. The van der Waals surface area contributed by atoms with Crippen molar-refractivity contribution < 1.29 is 22.7 Å². The molecule has 10 heteroatoms. The van der Waals surface area contributed by atoms with E-state index in [9.17, 15) is 13.2 Å². The predicted octanol–water partition coefficient (Wildman–Crippen LogP) is 5.06. The Morgan fingerprint density at radius 2 is 1.48 bits per heavy atom. The fourth-order valence-electron chi connectivity index (χ4n) is 2.64. The van der Waals surface area contributed by atoms with Crippen LogP contribution in [0.5, 0.6) is 11.5 Å². The van der Waals surface area contributed by atoms with Crippen LogP contribution in [0.1, 0.15) is 10.4 Å². The molecule has 31 heavy (non-hydrogen) atoms. The number of rotatable bonds is 7. The standard InChI is InChI=1S/C21H18Cl2N2O5S/c1-29-16-9-13(10-17(12-16)30-2)21(26)24-15-4-6-18(7-5-15)31(27,28)25-20-8-3-14(22)11-19(20)23/h3-12,25H,1-2H3,(H,24,26). The van der Waals surface area contributed by atoms with Crippen LogP contribution < -0.4 is 19.5 Å². The molecule has 162 valence electrons. The minimum Gasteiger partial charge on any atom is -0.497 e. The van der Waals surface area contributed by atoms with Gasteiger partial charge in [-0.2, -0.15) is 0 Å². The maximum Gasteiger partial charge on any atom is 0.261 e. The van der Waals surface area contributed by atoms with Crippen molar-refractivity contribution >= 4 is 50.5 Å². The molecule has 0 aliphatic heterocycles. The van der Waals surface area contributed by atoms with E-state index < -0.39 is 15.9 Å². The number of methoxy groups -OCH3 is 2. The molecule has 0 saturated heterocycles. The van der Waals surface area contributed by atoms with Gasteiger partial charge in [0.05, 0.1) is 29.8 Å². The lowest BCUT2D eigenvalue weighted by atomic mass is 10.2. The molecular weight excluding hydrogens is 463 g/mol. The van der Waals surface area contributed by atoms with E-state index in [4.69, 9.17) is 32.7 Å². The third-order valence-corrected chi connectivity index (χ3v) is 6.14. The summed E-state index contributed by atoms with van der Waals surface area (Å²) >= 11 is 11.9. The summed E-state index contributed by atoms with van der Waals surface area (Å²) < 4.78 is 38.0. The van der Waals surface area contributed by atoms with Gasteiger partial charge < -0.3 is 14.8 Å². The Morgan fingerprint density at radius 1 is 0.871 bits per heavy atom. The SMILES string of the molecule is COc1cc(OC)cc(C(=O)Nc2ccc(S(=O)(=O)Nc3ccc(Cl)cc3Cl)cc2)c1. The molecule has 0 aliphatic rings. The molecule has 0 saturated carbocycles. The molecule has 0 bridgehead atoms. The second-order valence-electron chi connectivity index (χ2n) is 6.31. The van der Waals surface area contributed by atoms with Crippen molar-refractivity contribution in [1.82, 2.24) is 0 Å². The quantitative estimate of drug-likeness (QED) is 0.492. The van der Waals surface area contributed by atoms with E-state index in [-0.39, 0.29) is 15.6 Å². The van der Waals surface area contributed by atoms with Crippen molar-refractivity contribution in [2.45, 2.75) is 4.90 Å². The number of halogens is 2. The second-order valence-corrected chi connectivity index (χ2v) is 8.84. The number of nitrogens with one attached hydrogen (secondary N) is 2. The summed E-state index contributed by atoms with van der Waals surface area (Å²) in [4.78, 5) is 12.6. The van der Waals surface area contributed by atoms with E-state index in [2.05, 4.69) is 10.0 Å². The molecule has 0 unspecified atom stereocenters. The van der Waals surface area contributed by atoms with Gasteiger partial charge in [-0.15, -0.1) is 0 Å². The van der Waals surface area contributed by atoms with Crippen LogP contribution in [0.2, 0.25) is 10.0 Å². The van der Waals surface area contributed by atoms with E-state index >= 15 is 0 Å². The summed E-state index contributed by atoms with van der Waals surface area (Å²) in [5, 5.41) is 3.27. The van der Waals surface area contributed by atoms with Crippen LogP contribution in [0.4, 0.5) is 11.4 Å². The molecule has 0 aliphatic carbocycles. The topological polar surface area (TPSA) is 93.7 Å². The molecule has 3 aromatic rings. The lowest BCUT2D eigenvalue weighted by Crippen LogP contribution is -2.14. The number of amides is 1. The number of hydrogen-bond donors (Lipinski definition) is 2. The Hall–Kier alpha value is -2.94. The summed E-state index contributed by atoms with van der Waals surface area (Å²) in [6.45, 7) is 0. The van der Waals surface area contributed by atoms with Crippen LogP contribution in [0.3, 0.4) is 0 Å². The monoisotopic (exact) mass is 480 g/mol. The Labute approximate surface area is 189 Å². The van der Waals surface area contributed by atoms with E-state index in [1.807, 2.05) is 0 Å². The number of benzene rings is 3. The number of sulfonamides is 1. The van der Waals surface area contributed by atoms with Crippen LogP contribution in [-0.2, 0) is 10.0 Å². The predicted molar refractivity (Wildman–Crippen MR) is 121 cm³/mol. The maximum atomic E-state index is 12.6. The van der Waals surface area contributed by atoms with Gasteiger partial charge in [0.2, 0.25) is 0 Å². The van der Waals surface area contributed by atoms with Crippen molar-refractivity contribution in [2.75, 3.05) is 24.3 Å². The Kier molecular flexibility index (Phi) is 6.94. The zero-order valence-electron chi connectivity index (χ0n) is 16.5. The Morgan fingerprint density at radius 3 is 2.03 bits per heavy atom. The van der Waals surface area contributed by atoms with Crippen molar-refractivity contribution in [3.63, 3.8) is 0 Å². The Bertz CT molecular complexity index is 1190. The molecular formula is C21H18Cl2N2O5S. The molecule has 2 N–H and O–H groups in total. The van der Waals surface area contributed by atoms with Crippen LogP contribution in [0.25, 0.3) is 0 Å². The third kappa shape index (κ3) is 5.61. The van der Waals surface area contributed by atoms with Crippen LogP contribution in [0, 0.1) is 0 Å². The van der Waals surface area contributed by atoms with E-state index in [0.717, 1.165) is 0 Å². The normalized spacial score (nSPS) is 11.0. The van der Waals surface area contributed by atoms with Crippen LogP contribution in [0.15, 0.2) is 65.6 Å². The first-order valence-electron chi connectivity index (χ1n) is 8.84. The average molecular weight is 481 g/mol. The number of anilines is 2. The molecule has 3 rings (SSSR count). The number of hydrogen-bond acceptors (Lipinski definition) is 5. The fraction of sp³-hybridized carbons (Fsp3) is 0.0952. The molecule has 1 amide bonds. The lowest BCUT2D eigenvalue weighted by Gasteiger charge is -2.11. The molecule has 3 aromatic carbocycles. The first kappa shape index (κ1) is 22.7. The van der Waals surface area contributed by atoms with Gasteiger partial charge in [0.25, 0.3) is 15.9 Å². The van der Waals surface area contributed by atoms with E-state index in [1.54, 1.807) is 18.2 Å². The molecule has 0 heterocycles. The number of carbonyl (C=O) groups is 1. The Balaban J connectivity index is 1.76.